The molecule has 0 unspecified atom stereocenters. The molecule has 0 atom stereocenters. The quantitative estimate of drug-likeness (QED) is 0.764. The molecule has 1 heterocycles. The minimum Gasteiger partial charge on any atom is -0.379 e. The van der Waals surface area contributed by atoms with Crippen molar-refractivity contribution >= 4 is 15.7 Å². The fourth-order valence-corrected chi connectivity index (χ4v) is 3.30. The van der Waals surface area contributed by atoms with Crippen LogP contribution in [0.15, 0.2) is 30.3 Å². The van der Waals surface area contributed by atoms with Crippen molar-refractivity contribution in [1.29, 1.82) is 0 Å². The summed E-state index contributed by atoms with van der Waals surface area (Å²) in [6.07, 6.45) is 1.10. The van der Waals surface area contributed by atoms with Crippen LogP contribution in [-0.4, -0.2) is 39.5 Å². The van der Waals surface area contributed by atoms with Gasteiger partial charge >= 0.3 is 0 Å². The number of hydrogen-bond donors (Lipinski definition) is 1. The van der Waals surface area contributed by atoms with Crippen LogP contribution in [0.2, 0.25) is 0 Å². The van der Waals surface area contributed by atoms with Crippen molar-refractivity contribution in [3.8, 4) is 0 Å². The molecule has 0 aliphatic carbocycles. The molecule has 0 saturated carbocycles. The van der Waals surface area contributed by atoms with E-state index in [-0.39, 0.29) is 25.6 Å². The number of benzene rings is 1. The van der Waals surface area contributed by atoms with Crippen LogP contribution in [0.3, 0.4) is 0 Å². The van der Waals surface area contributed by atoms with Crippen LogP contribution < -0.4 is 5.48 Å². The Morgan fingerprint density at radius 3 is 2.50 bits per heavy atom. The summed E-state index contributed by atoms with van der Waals surface area (Å²) < 4.78 is 27.7. The highest BCUT2D eigenvalue weighted by atomic mass is 32.2. The van der Waals surface area contributed by atoms with Crippen molar-refractivity contribution in [3.63, 3.8) is 0 Å². The van der Waals surface area contributed by atoms with E-state index in [1.165, 1.54) is 0 Å². The molecule has 1 saturated heterocycles. The van der Waals surface area contributed by atoms with Crippen LogP contribution >= 0.6 is 0 Å². The lowest BCUT2D eigenvalue weighted by molar-refractivity contribution is -0.169. The molecule has 2 rings (SSSR count). The first-order valence-corrected chi connectivity index (χ1v) is 8.19. The van der Waals surface area contributed by atoms with Gasteiger partial charge in [0.2, 0.25) is 0 Å². The van der Waals surface area contributed by atoms with Gasteiger partial charge in [-0.05, 0) is 5.56 Å². The van der Waals surface area contributed by atoms with Crippen molar-refractivity contribution in [3.05, 3.63) is 35.9 Å². The molecule has 0 radical (unpaired) electrons. The minimum atomic E-state index is -3.26. The summed E-state index contributed by atoms with van der Waals surface area (Å²) in [4.78, 5) is 17.2. The van der Waals surface area contributed by atoms with E-state index in [4.69, 9.17) is 9.57 Å². The van der Waals surface area contributed by atoms with Gasteiger partial charge in [0, 0.05) is 6.26 Å². The van der Waals surface area contributed by atoms with Crippen LogP contribution in [0.25, 0.3) is 0 Å². The molecule has 7 heteroatoms. The Hall–Kier alpha value is -1.44. The monoisotopic (exact) mass is 299 g/mol. The first kappa shape index (κ1) is 15.0. The molecular formula is C13H17NO5S. The molecule has 6 nitrogen and oxygen atoms in total. The van der Waals surface area contributed by atoms with Crippen molar-refractivity contribution in [2.24, 2.45) is 5.41 Å². The van der Waals surface area contributed by atoms with Crippen LogP contribution in [0.5, 0.6) is 0 Å². The normalized spacial score (nSPS) is 17.2. The zero-order valence-electron chi connectivity index (χ0n) is 11.2. The second-order valence-corrected chi connectivity index (χ2v) is 7.19. The van der Waals surface area contributed by atoms with E-state index in [1.54, 1.807) is 0 Å². The predicted molar refractivity (Wildman–Crippen MR) is 72.3 cm³/mol. The number of hydroxylamine groups is 1. The molecule has 1 amide bonds. The Balaban J connectivity index is 1.87. The average Bonchev–Trinajstić information content (AvgIpc) is 2.34. The van der Waals surface area contributed by atoms with Gasteiger partial charge in [-0.3, -0.25) is 9.63 Å². The maximum atomic E-state index is 12.0. The van der Waals surface area contributed by atoms with E-state index >= 15 is 0 Å². The molecule has 1 aromatic rings. The van der Waals surface area contributed by atoms with E-state index in [9.17, 15) is 13.2 Å². The third-order valence-electron chi connectivity index (χ3n) is 3.02. The zero-order valence-corrected chi connectivity index (χ0v) is 12.0. The Morgan fingerprint density at radius 2 is 2.00 bits per heavy atom. The lowest BCUT2D eigenvalue weighted by Gasteiger charge is -2.38. The molecule has 1 aliphatic heterocycles. The average molecular weight is 299 g/mol. The molecule has 20 heavy (non-hydrogen) atoms. The van der Waals surface area contributed by atoms with Crippen molar-refractivity contribution < 1.29 is 22.8 Å². The molecule has 1 N–H and O–H groups in total. The fraction of sp³-hybridized carbons (Fsp3) is 0.462. The van der Waals surface area contributed by atoms with Gasteiger partial charge in [-0.2, -0.15) is 0 Å². The first-order chi connectivity index (χ1) is 9.41. The Morgan fingerprint density at radius 1 is 1.35 bits per heavy atom. The second kappa shape index (κ2) is 5.90. The summed E-state index contributed by atoms with van der Waals surface area (Å²) in [5.41, 5.74) is 2.20. The number of carbonyl (C=O) groups excluding carboxylic acids is 1. The summed E-state index contributed by atoms with van der Waals surface area (Å²) in [5, 5.41) is 0. The molecule has 0 spiro atoms. The molecule has 0 aromatic heterocycles. The SMILES string of the molecule is CS(=O)(=O)CC1(C(=O)NOCc2ccccc2)COC1. The summed E-state index contributed by atoms with van der Waals surface area (Å²) in [7, 11) is -3.26. The van der Waals surface area contributed by atoms with Gasteiger partial charge in [0.1, 0.15) is 15.3 Å². The highest BCUT2D eigenvalue weighted by Crippen LogP contribution is 2.29. The van der Waals surface area contributed by atoms with Crippen LogP contribution in [0.4, 0.5) is 0 Å². The van der Waals surface area contributed by atoms with Gasteiger partial charge in [0.05, 0.1) is 25.6 Å². The lowest BCUT2D eigenvalue weighted by atomic mass is 9.88. The second-order valence-electron chi connectivity index (χ2n) is 5.05. The maximum Gasteiger partial charge on any atom is 0.255 e. The minimum absolute atomic E-state index is 0.0978. The number of ether oxygens (including phenoxy) is 1. The van der Waals surface area contributed by atoms with E-state index in [0.29, 0.717) is 0 Å². The highest BCUT2D eigenvalue weighted by Gasteiger charge is 2.48. The Bertz CT molecular complexity index is 566. The van der Waals surface area contributed by atoms with Gasteiger partial charge in [0.25, 0.3) is 5.91 Å². The number of nitrogens with one attached hydrogen (secondary N) is 1. The molecule has 1 aromatic carbocycles. The molecular weight excluding hydrogens is 282 g/mol. The van der Waals surface area contributed by atoms with E-state index in [2.05, 4.69) is 5.48 Å². The van der Waals surface area contributed by atoms with Crippen LogP contribution in [-0.2, 0) is 30.8 Å². The summed E-state index contributed by atoms with van der Waals surface area (Å²) in [6, 6.07) is 9.35. The first-order valence-electron chi connectivity index (χ1n) is 6.13. The van der Waals surface area contributed by atoms with E-state index in [1.807, 2.05) is 30.3 Å². The topological polar surface area (TPSA) is 81.7 Å². The van der Waals surface area contributed by atoms with Crippen LogP contribution in [0, 0.1) is 5.41 Å². The van der Waals surface area contributed by atoms with E-state index < -0.39 is 21.2 Å². The number of amides is 1. The number of carbonyl (C=O) groups is 1. The molecule has 1 fully saturated rings. The Kier molecular flexibility index (Phi) is 4.42. The Labute approximate surface area is 117 Å². The highest BCUT2D eigenvalue weighted by molar-refractivity contribution is 7.90. The number of hydrogen-bond acceptors (Lipinski definition) is 5. The van der Waals surface area contributed by atoms with Gasteiger partial charge in [0.15, 0.2) is 0 Å². The maximum absolute atomic E-state index is 12.0. The summed E-state index contributed by atoms with van der Waals surface area (Å²) in [5.74, 6) is -0.689. The third kappa shape index (κ3) is 3.78. The molecule has 110 valence electrons. The predicted octanol–water partition coefficient (Wildman–Crippen LogP) is 0.296. The standard InChI is InChI=1S/C13H17NO5S/c1-20(16,17)10-13(8-18-9-13)12(15)14-19-7-11-5-3-2-4-6-11/h2-6H,7-10H2,1H3,(H,14,15). The molecule has 0 bridgehead atoms. The number of sulfone groups is 1. The van der Waals surface area contributed by atoms with Gasteiger partial charge < -0.3 is 4.74 Å². The zero-order chi connectivity index (χ0) is 14.6. The van der Waals surface area contributed by atoms with Gasteiger partial charge in [-0.15, -0.1) is 0 Å². The van der Waals surface area contributed by atoms with Crippen molar-refractivity contribution in [1.82, 2.24) is 5.48 Å². The number of rotatable bonds is 6. The van der Waals surface area contributed by atoms with Crippen LogP contribution in [0.1, 0.15) is 5.56 Å². The smallest absolute Gasteiger partial charge is 0.255 e. The van der Waals surface area contributed by atoms with Gasteiger partial charge in [-0.25, -0.2) is 13.9 Å². The van der Waals surface area contributed by atoms with Gasteiger partial charge in [-0.1, -0.05) is 30.3 Å². The third-order valence-corrected chi connectivity index (χ3v) is 4.10. The van der Waals surface area contributed by atoms with Crippen molar-refractivity contribution in [2.45, 2.75) is 6.61 Å². The lowest BCUT2D eigenvalue weighted by Crippen LogP contribution is -2.57. The fourth-order valence-electron chi connectivity index (χ4n) is 2.00. The van der Waals surface area contributed by atoms with Crippen molar-refractivity contribution in [2.75, 3.05) is 25.2 Å². The summed E-state index contributed by atoms with van der Waals surface area (Å²) >= 11 is 0. The summed E-state index contributed by atoms with van der Waals surface area (Å²) in [6.45, 7) is 0.420. The van der Waals surface area contributed by atoms with E-state index in [0.717, 1.165) is 11.8 Å². The largest absolute Gasteiger partial charge is 0.379 e. The molecule has 1 aliphatic rings.